The fourth-order valence-electron chi connectivity index (χ4n) is 1.58. The van der Waals surface area contributed by atoms with Crippen LogP contribution in [0.3, 0.4) is 0 Å². The number of aryl methyl sites for hydroxylation is 1. The Balaban J connectivity index is 2.96. The lowest BCUT2D eigenvalue weighted by Gasteiger charge is -1.95. The van der Waals surface area contributed by atoms with Crippen molar-refractivity contribution in [2.24, 2.45) is 7.05 Å². The number of nitriles is 1. The van der Waals surface area contributed by atoms with E-state index in [1.165, 1.54) is 0 Å². The number of halogens is 1. The number of nitrogen functional groups attached to an aromatic ring is 1. The van der Waals surface area contributed by atoms with Gasteiger partial charge in [0.15, 0.2) is 0 Å². The summed E-state index contributed by atoms with van der Waals surface area (Å²) >= 11 is 5.85. The number of nitrogens with two attached hydrogens (primary N) is 1. The van der Waals surface area contributed by atoms with E-state index in [-0.39, 0.29) is 0 Å². The van der Waals surface area contributed by atoms with Crippen LogP contribution < -0.4 is 5.73 Å². The molecule has 2 rings (SSSR count). The van der Waals surface area contributed by atoms with Crippen LogP contribution in [-0.4, -0.2) is 4.57 Å². The van der Waals surface area contributed by atoms with Crippen molar-refractivity contribution in [3.63, 3.8) is 0 Å². The van der Waals surface area contributed by atoms with Crippen molar-refractivity contribution in [3.8, 4) is 6.07 Å². The molecule has 0 aliphatic heterocycles. The van der Waals surface area contributed by atoms with Crippen molar-refractivity contribution in [1.29, 1.82) is 5.26 Å². The van der Waals surface area contributed by atoms with Gasteiger partial charge in [0.05, 0.1) is 11.2 Å². The van der Waals surface area contributed by atoms with Crippen molar-refractivity contribution in [2.45, 2.75) is 0 Å². The molecular formula is C10H8ClN3. The maximum absolute atomic E-state index is 8.89. The Kier molecular flexibility index (Phi) is 1.87. The predicted molar refractivity (Wildman–Crippen MR) is 57.1 cm³/mol. The fraction of sp³-hybridized carbons (Fsp3) is 0.100. The smallest absolute Gasteiger partial charge is 0.144 e. The molecule has 3 nitrogen and oxygen atoms in total. The van der Waals surface area contributed by atoms with E-state index in [0.717, 1.165) is 10.9 Å². The third-order valence-corrected chi connectivity index (χ3v) is 2.54. The Morgan fingerprint density at radius 1 is 1.50 bits per heavy atom. The van der Waals surface area contributed by atoms with E-state index in [1.807, 2.05) is 13.1 Å². The van der Waals surface area contributed by atoms with Crippen LogP contribution in [-0.2, 0) is 7.05 Å². The monoisotopic (exact) mass is 205 g/mol. The number of hydrogen-bond donors (Lipinski definition) is 1. The number of anilines is 1. The third kappa shape index (κ3) is 1.05. The van der Waals surface area contributed by atoms with Gasteiger partial charge in [0, 0.05) is 17.5 Å². The van der Waals surface area contributed by atoms with Gasteiger partial charge in [0.2, 0.25) is 0 Å². The molecule has 70 valence electrons. The van der Waals surface area contributed by atoms with Gasteiger partial charge in [0.25, 0.3) is 0 Å². The lowest BCUT2D eigenvalue weighted by molar-refractivity contribution is 0.949. The first kappa shape index (κ1) is 8.92. The van der Waals surface area contributed by atoms with E-state index >= 15 is 0 Å². The molecule has 0 bridgehead atoms. The second-order valence-electron chi connectivity index (χ2n) is 3.09. The average molecular weight is 206 g/mol. The van der Waals surface area contributed by atoms with Crippen LogP contribution in [0, 0.1) is 11.3 Å². The van der Waals surface area contributed by atoms with E-state index < -0.39 is 0 Å². The molecule has 14 heavy (non-hydrogen) atoms. The van der Waals surface area contributed by atoms with Gasteiger partial charge in [-0.15, -0.1) is 0 Å². The largest absolute Gasteiger partial charge is 0.396 e. The fourth-order valence-corrected chi connectivity index (χ4v) is 1.75. The molecule has 1 aromatic carbocycles. The summed E-state index contributed by atoms with van der Waals surface area (Å²) in [6, 6.07) is 7.48. The van der Waals surface area contributed by atoms with Crippen LogP contribution in [0.4, 0.5) is 5.69 Å². The normalized spacial score (nSPS) is 10.4. The first-order valence-electron chi connectivity index (χ1n) is 4.08. The second-order valence-corrected chi connectivity index (χ2v) is 3.53. The number of fused-ring (bicyclic) bond motifs is 1. The quantitative estimate of drug-likeness (QED) is 0.718. The predicted octanol–water partition coefficient (Wildman–Crippen LogP) is 2.29. The van der Waals surface area contributed by atoms with E-state index in [0.29, 0.717) is 16.4 Å². The van der Waals surface area contributed by atoms with Crippen LogP contribution in [0.2, 0.25) is 5.02 Å². The van der Waals surface area contributed by atoms with E-state index in [4.69, 9.17) is 22.6 Å². The highest BCUT2D eigenvalue weighted by molar-refractivity contribution is 6.31. The van der Waals surface area contributed by atoms with Crippen LogP contribution in [0.15, 0.2) is 18.2 Å². The molecule has 0 radical (unpaired) electrons. The summed E-state index contributed by atoms with van der Waals surface area (Å²) in [5, 5.41) is 10.3. The summed E-state index contributed by atoms with van der Waals surface area (Å²) in [5.41, 5.74) is 7.70. The number of nitrogens with zero attached hydrogens (tertiary/aromatic N) is 2. The molecule has 2 aromatic rings. The summed E-state index contributed by atoms with van der Waals surface area (Å²) in [4.78, 5) is 0. The average Bonchev–Trinajstić information content (AvgIpc) is 2.39. The molecule has 1 heterocycles. The molecule has 0 atom stereocenters. The van der Waals surface area contributed by atoms with Crippen LogP contribution in [0.25, 0.3) is 10.9 Å². The zero-order valence-electron chi connectivity index (χ0n) is 7.58. The Bertz CT molecular complexity index is 548. The molecule has 0 fully saturated rings. The first-order chi connectivity index (χ1) is 6.65. The van der Waals surface area contributed by atoms with Crippen molar-refractivity contribution >= 4 is 28.2 Å². The minimum Gasteiger partial charge on any atom is -0.396 e. The Morgan fingerprint density at radius 3 is 2.86 bits per heavy atom. The summed E-state index contributed by atoms with van der Waals surface area (Å²) < 4.78 is 1.76. The summed E-state index contributed by atoms with van der Waals surface area (Å²) in [6.45, 7) is 0. The minimum absolute atomic E-state index is 0.474. The summed E-state index contributed by atoms with van der Waals surface area (Å²) in [7, 11) is 1.81. The highest BCUT2D eigenvalue weighted by Crippen LogP contribution is 2.29. The highest BCUT2D eigenvalue weighted by atomic mass is 35.5. The zero-order valence-corrected chi connectivity index (χ0v) is 8.34. The van der Waals surface area contributed by atoms with E-state index in [9.17, 15) is 0 Å². The van der Waals surface area contributed by atoms with Crippen LogP contribution >= 0.6 is 11.6 Å². The maximum Gasteiger partial charge on any atom is 0.144 e. The number of benzene rings is 1. The zero-order chi connectivity index (χ0) is 10.3. The van der Waals surface area contributed by atoms with Crippen LogP contribution in [0.1, 0.15) is 5.69 Å². The number of hydrogen-bond acceptors (Lipinski definition) is 2. The highest BCUT2D eigenvalue weighted by Gasteiger charge is 2.11. The standard InChI is InChI=1S/C10H8ClN3/c1-14-8-3-2-6(11)4-7(8)10(13)9(14)5-12/h2-4H,13H2,1H3. The molecule has 0 saturated heterocycles. The maximum atomic E-state index is 8.89. The lowest BCUT2D eigenvalue weighted by atomic mass is 10.2. The molecule has 0 spiro atoms. The van der Waals surface area contributed by atoms with Gasteiger partial charge in [-0.1, -0.05) is 11.6 Å². The molecule has 0 aliphatic carbocycles. The molecular weight excluding hydrogens is 198 g/mol. The van der Waals surface area contributed by atoms with E-state index in [2.05, 4.69) is 6.07 Å². The molecule has 4 heteroatoms. The second kappa shape index (κ2) is 2.93. The van der Waals surface area contributed by atoms with Crippen molar-refractivity contribution in [1.82, 2.24) is 4.57 Å². The molecule has 0 aliphatic rings. The topological polar surface area (TPSA) is 54.7 Å². The van der Waals surface area contributed by atoms with Crippen LogP contribution in [0.5, 0.6) is 0 Å². The van der Waals surface area contributed by atoms with Gasteiger partial charge < -0.3 is 10.3 Å². The molecule has 0 unspecified atom stereocenters. The Morgan fingerprint density at radius 2 is 2.21 bits per heavy atom. The minimum atomic E-state index is 0.474. The number of rotatable bonds is 0. The Labute approximate surface area is 86.3 Å². The summed E-state index contributed by atoms with van der Waals surface area (Å²) in [5.74, 6) is 0. The number of aromatic nitrogens is 1. The molecule has 2 N–H and O–H groups in total. The molecule has 0 saturated carbocycles. The third-order valence-electron chi connectivity index (χ3n) is 2.31. The Hall–Kier alpha value is -1.66. The van der Waals surface area contributed by atoms with Gasteiger partial charge in [-0.25, -0.2) is 0 Å². The van der Waals surface area contributed by atoms with E-state index in [1.54, 1.807) is 16.7 Å². The molecule has 1 aromatic heterocycles. The van der Waals surface area contributed by atoms with Gasteiger partial charge >= 0.3 is 0 Å². The van der Waals surface area contributed by atoms with Crippen molar-refractivity contribution in [3.05, 3.63) is 28.9 Å². The van der Waals surface area contributed by atoms with Gasteiger partial charge in [-0.05, 0) is 18.2 Å². The SMILES string of the molecule is Cn1c(C#N)c(N)c2cc(Cl)ccc21. The molecule has 0 amide bonds. The lowest BCUT2D eigenvalue weighted by Crippen LogP contribution is -1.93. The first-order valence-corrected chi connectivity index (χ1v) is 4.46. The van der Waals surface area contributed by atoms with Crippen molar-refractivity contribution in [2.75, 3.05) is 5.73 Å². The van der Waals surface area contributed by atoms with Gasteiger partial charge in [0.1, 0.15) is 11.8 Å². The van der Waals surface area contributed by atoms with Crippen molar-refractivity contribution < 1.29 is 0 Å². The van der Waals surface area contributed by atoms with Gasteiger partial charge in [-0.3, -0.25) is 0 Å². The summed E-state index contributed by atoms with van der Waals surface area (Å²) in [6.07, 6.45) is 0. The van der Waals surface area contributed by atoms with Gasteiger partial charge in [-0.2, -0.15) is 5.26 Å².